The van der Waals surface area contributed by atoms with E-state index in [0.29, 0.717) is 31.5 Å². The van der Waals surface area contributed by atoms with Crippen molar-refractivity contribution in [2.24, 2.45) is 0 Å². The minimum absolute atomic E-state index is 0.0544. The highest BCUT2D eigenvalue weighted by Gasteiger charge is 2.17. The summed E-state index contributed by atoms with van der Waals surface area (Å²) in [5.74, 6) is 0.0544. The van der Waals surface area contributed by atoms with Crippen molar-refractivity contribution in [2.45, 2.75) is 33.2 Å². The first kappa shape index (κ1) is 21.3. The second-order valence-electron chi connectivity index (χ2n) is 7.89. The molecule has 4 aromatic rings. The first-order valence-corrected chi connectivity index (χ1v) is 10.6. The maximum atomic E-state index is 13.0. The van der Waals surface area contributed by atoms with Crippen molar-refractivity contribution in [1.29, 1.82) is 5.26 Å². The van der Waals surface area contributed by atoms with Gasteiger partial charge in [-0.3, -0.25) is 4.79 Å². The van der Waals surface area contributed by atoms with Gasteiger partial charge in [0.25, 0.3) is 0 Å². The third-order valence-corrected chi connectivity index (χ3v) is 5.77. The molecule has 32 heavy (non-hydrogen) atoms. The number of nitriles is 1. The predicted molar refractivity (Wildman–Crippen MR) is 125 cm³/mol. The van der Waals surface area contributed by atoms with Crippen LogP contribution in [0, 0.1) is 25.2 Å². The Morgan fingerprint density at radius 2 is 1.94 bits per heavy atom. The number of benzene rings is 2. The number of nitrogens with zero attached hydrogens (tertiary/aromatic N) is 5. The molecule has 1 amide bonds. The van der Waals surface area contributed by atoms with Gasteiger partial charge < -0.3 is 4.90 Å². The third-order valence-electron chi connectivity index (χ3n) is 5.77. The van der Waals surface area contributed by atoms with Crippen LogP contribution in [0.4, 0.5) is 0 Å². The Balaban J connectivity index is 1.54. The average Bonchev–Trinajstić information content (AvgIpc) is 3.18. The van der Waals surface area contributed by atoms with Gasteiger partial charge in [0, 0.05) is 36.3 Å². The number of amides is 1. The zero-order chi connectivity index (χ0) is 22.7. The Kier molecular flexibility index (Phi) is 6.00. The molecule has 0 saturated carbocycles. The Labute approximate surface area is 187 Å². The van der Waals surface area contributed by atoms with Crippen LogP contribution in [0.1, 0.15) is 34.5 Å². The van der Waals surface area contributed by atoms with Gasteiger partial charge >= 0.3 is 0 Å². The first-order valence-electron chi connectivity index (χ1n) is 10.6. The zero-order valence-corrected chi connectivity index (χ0v) is 18.4. The second kappa shape index (κ2) is 9.03. The van der Waals surface area contributed by atoms with Crippen LogP contribution in [-0.2, 0) is 17.8 Å². The quantitative estimate of drug-likeness (QED) is 0.410. The van der Waals surface area contributed by atoms with E-state index in [4.69, 9.17) is 15.3 Å². The molecular weight excluding hydrogens is 398 g/mol. The maximum Gasteiger partial charge on any atom is 0.223 e. The summed E-state index contributed by atoms with van der Waals surface area (Å²) in [6, 6.07) is 17.4. The summed E-state index contributed by atoms with van der Waals surface area (Å²) in [7, 11) is 0. The Hall–Kier alpha value is -3.98. The summed E-state index contributed by atoms with van der Waals surface area (Å²) in [4.78, 5) is 19.6. The number of carbonyl (C=O) groups excluding carboxylic acids is 1. The molecule has 2 aromatic heterocycles. The summed E-state index contributed by atoms with van der Waals surface area (Å²) in [5.41, 5.74) is 6.34. The highest BCUT2D eigenvalue weighted by molar-refractivity contribution is 5.92. The van der Waals surface area contributed by atoms with E-state index in [2.05, 4.69) is 12.6 Å². The Morgan fingerprint density at radius 3 is 2.66 bits per heavy atom. The average molecular weight is 424 g/mol. The molecule has 0 bridgehead atoms. The minimum Gasteiger partial charge on any atom is -0.335 e. The van der Waals surface area contributed by atoms with Gasteiger partial charge in [-0.15, -0.1) is 6.58 Å². The predicted octanol–water partition coefficient (Wildman–Crippen LogP) is 4.52. The van der Waals surface area contributed by atoms with Gasteiger partial charge in [-0.2, -0.15) is 10.4 Å². The van der Waals surface area contributed by atoms with Gasteiger partial charge in [-0.25, -0.2) is 9.50 Å². The van der Waals surface area contributed by atoms with Crippen molar-refractivity contribution < 1.29 is 4.79 Å². The highest BCUT2D eigenvalue weighted by Crippen LogP contribution is 2.23. The van der Waals surface area contributed by atoms with Crippen molar-refractivity contribution in [2.75, 3.05) is 6.54 Å². The lowest BCUT2D eigenvalue weighted by molar-refractivity contribution is -0.131. The van der Waals surface area contributed by atoms with Crippen LogP contribution in [0.2, 0.25) is 0 Å². The normalized spacial score (nSPS) is 10.9. The SMILES string of the molecule is C=CCN(Cc1ccc(C#N)cc1)C(=O)CCc1c(C)nc2c3ccccc3nn2c1C. The smallest absolute Gasteiger partial charge is 0.223 e. The summed E-state index contributed by atoms with van der Waals surface area (Å²) in [5, 5.41) is 14.7. The number of fused-ring (bicyclic) bond motifs is 3. The molecular formula is C26H25N5O. The topological polar surface area (TPSA) is 74.3 Å². The van der Waals surface area contributed by atoms with E-state index in [1.54, 1.807) is 23.1 Å². The number of hydrogen-bond acceptors (Lipinski definition) is 4. The van der Waals surface area contributed by atoms with Gasteiger partial charge in [-0.05, 0) is 55.7 Å². The molecule has 4 rings (SSSR count). The molecule has 0 atom stereocenters. The van der Waals surface area contributed by atoms with Crippen LogP contribution in [0.3, 0.4) is 0 Å². The lowest BCUT2D eigenvalue weighted by Crippen LogP contribution is -2.31. The van der Waals surface area contributed by atoms with Crippen LogP contribution >= 0.6 is 0 Å². The second-order valence-corrected chi connectivity index (χ2v) is 7.89. The van der Waals surface area contributed by atoms with Crippen molar-refractivity contribution in [3.8, 4) is 6.07 Å². The van der Waals surface area contributed by atoms with Gasteiger partial charge in [0.05, 0.1) is 17.1 Å². The fourth-order valence-corrected chi connectivity index (χ4v) is 4.04. The number of aromatic nitrogens is 3. The van der Waals surface area contributed by atoms with E-state index in [-0.39, 0.29) is 5.91 Å². The molecule has 0 aliphatic heterocycles. The molecule has 6 nitrogen and oxygen atoms in total. The third kappa shape index (κ3) is 4.10. The number of hydrogen-bond donors (Lipinski definition) is 0. The van der Waals surface area contributed by atoms with E-state index in [1.165, 1.54) is 0 Å². The van der Waals surface area contributed by atoms with E-state index in [1.807, 2.05) is 54.8 Å². The fourth-order valence-electron chi connectivity index (χ4n) is 4.04. The molecule has 160 valence electrons. The molecule has 0 aliphatic carbocycles. The molecule has 0 saturated heterocycles. The largest absolute Gasteiger partial charge is 0.335 e. The first-order chi connectivity index (χ1) is 15.5. The van der Waals surface area contributed by atoms with Crippen molar-refractivity contribution >= 4 is 22.5 Å². The van der Waals surface area contributed by atoms with Crippen LogP contribution < -0.4 is 0 Å². The summed E-state index contributed by atoms with van der Waals surface area (Å²) >= 11 is 0. The van der Waals surface area contributed by atoms with E-state index in [0.717, 1.165) is 39.1 Å². The fraction of sp³-hybridized carbons (Fsp3) is 0.231. The van der Waals surface area contributed by atoms with Crippen molar-refractivity contribution in [3.63, 3.8) is 0 Å². The summed E-state index contributed by atoms with van der Waals surface area (Å²) in [6.45, 7) is 8.77. The minimum atomic E-state index is 0.0544. The van der Waals surface area contributed by atoms with Crippen LogP contribution in [0.25, 0.3) is 16.6 Å². The summed E-state index contributed by atoms with van der Waals surface area (Å²) < 4.78 is 1.88. The van der Waals surface area contributed by atoms with Gasteiger partial charge in [-0.1, -0.05) is 30.3 Å². The van der Waals surface area contributed by atoms with Crippen molar-refractivity contribution in [1.82, 2.24) is 19.5 Å². The lowest BCUT2D eigenvalue weighted by atomic mass is 10.1. The number of aryl methyl sites for hydroxylation is 2. The monoisotopic (exact) mass is 423 g/mol. The van der Waals surface area contributed by atoms with E-state index in [9.17, 15) is 4.79 Å². The van der Waals surface area contributed by atoms with Gasteiger partial charge in [0.15, 0.2) is 5.65 Å². The molecule has 0 unspecified atom stereocenters. The van der Waals surface area contributed by atoms with E-state index < -0.39 is 0 Å². The number of rotatable bonds is 7. The molecule has 0 fully saturated rings. The van der Waals surface area contributed by atoms with Crippen LogP contribution in [-0.4, -0.2) is 31.9 Å². The Bertz CT molecular complexity index is 1340. The van der Waals surface area contributed by atoms with Crippen molar-refractivity contribution in [3.05, 3.63) is 89.3 Å². The molecule has 0 spiro atoms. The standard InChI is InChI=1S/C26H25N5O/c1-4-15-30(17-21-11-9-20(16-27)10-12-21)25(32)14-13-22-18(2)28-26-23-7-5-6-8-24(23)29-31(26)19(22)3/h4-12H,1,13-15,17H2,2-3H3. The van der Waals surface area contributed by atoms with E-state index >= 15 is 0 Å². The Morgan fingerprint density at radius 1 is 1.19 bits per heavy atom. The maximum absolute atomic E-state index is 13.0. The lowest BCUT2D eigenvalue weighted by Gasteiger charge is -2.22. The molecule has 2 aromatic carbocycles. The molecule has 0 N–H and O–H groups in total. The van der Waals surface area contributed by atoms with Gasteiger partial charge in [0.2, 0.25) is 5.91 Å². The molecule has 0 radical (unpaired) electrons. The molecule has 6 heteroatoms. The molecule has 0 aliphatic rings. The zero-order valence-electron chi connectivity index (χ0n) is 18.4. The highest BCUT2D eigenvalue weighted by atomic mass is 16.2. The van der Waals surface area contributed by atoms with Gasteiger partial charge in [0.1, 0.15) is 0 Å². The van der Waals surface area contributed by atoms with Crippen LogP contribution in [0.15, 0.2) is 61.2 Å². The van der Waals surface area contributed by atoms with Crippen LogP contribution in [0.5, 0.6) is 0 Å². The molecule has 2 heterocycles. The summed E-state index contributed by atoms with van der Waals surface area (Å²) in [6.07, 6.45) is 2.71. The number of carbonyl (C=O) groups is 1.